The molecule has 13 nitrogen and oxygen atoms in total. The van der Waals surface area contributed by atoms with Crippen molar-refractivity contribution >= 4 is 31.7 Å². The molecule has 55 heavy (non-hydrogen) atoms. The highest BCUT2D eigenvalue weighted by atomic mass is 31.2. The Kier molecular flexibility index (Phi) is 36.1. The van der Waals surface area contributed by atoms with Crippen LogP contribution >= 0.6 is 7.82 Å². The number of nitrogens with zero attached hydrogens (tertiary/aromatic N) is 1. The Labute approximate surface area is 332 Å². The van der Waals surface area contributed by atoms with Crippen LogP contribution in [-0.4, -0.2) is 89.4 Å². The van der Waals surface area contributed by atoms with Gasteiger partial charge in [-0.25, -0.2) is 4.57 Å². The third kappa shape index (κ3) is 38.6. The van der Waals surface area contributed by atoms with E-state index in [-0.39, 0.29) is 26.0 Å². The summed E-state index contributed by atoms with van der Waals surface area (Å²) in [5, 5.41) is 17.9. The number of phosphoric ester groups is 1. The van der Waals surface area contributed by atoms with Crippen LogP contribution in [0.25, 0.3) is 0 Å². The molecule has 0 aliphatic carbocycles. The highest BCUT2D eigenvalue weighted by molar-refractivity contribution is 7.47. The van der Waals surface area contributed by atoms with Gasteiger partial charge in [0.2, 0.25) is 0 Å². The van der Waals surface area contributed by atoms with Gasteiger partial charge in [0.25, 0.3) is 0 Å². The molecular weight excluding hydrogens is 729 g/mol. The molecule has 0 aliphatic heterocycles. The molecule has 0 aromatic carbocycles. The molecule has 0 rings (SSSR count). The van der Waals surface area contributed by atoms with Crippen molar-refractivity contribution in [1.29, 1.82) is 0 Å². The summed E-state index contributed by atoms with van der Waals surface area (Å²) >= 11 is 0. The van der Waals surface area contributed by atoms with E-state index in [0.29, 0.717) is 12.8 Å². The Morgan fingerprint density at radius 1 is 0.527 bits per heavy atom. The number of carbonyl (C=O) groups is 4. The SMILES string of the molecule is CCCCCCCCCCCCCCCC(=O)OCC(COP(=O)(O)OCCN(CC(=O)O)CC(=O)O)OC(=O)CCCCCCCCCCCCCCC. The molecule has 0 saturated carbocycles. The fraction of sp³-hybridized carbons (Fsp3) is 0.902. The molecule has 14 heteroatoms. The van der Waals surface area contributed by atoms with Gasteiger partial charge in [0, 0.05) is 19.4 Å². The first-order valence-electron chi connectivity index (χ1n) is 21.6. The lowest BCUT2D eigenvalue weighted by atomic mass is 10.0. The molecular formula is C41H78NO12P. The van der Waals surface area contributed by atoms with E-state index in [1.165, 1.54) is 116 Å². The predicted molar refractivity (Wildman–Crippen MR) is 215 cm³/mol. The van der Waals surface area contributed by atoms with Crippen LogP contribution in [0.2, 0.25) is 0 Å². The topological polar surface area (TPSA) is 186 Å². The number of ether oxygens (including phenoxy) is 2. The Morgan fingerprint density at radius 2 is 0.891 bits per heavy atom. The Morgan fingerprint density at radius 3 is 1.27 bits per heavy atom. The van der Waals surface area contributed by atoms with Crippen molar-refractivity contribution in [2.45, 2.75) is 200 Å². The maximum atomic E-state index is 12.7. The average Bonchev–Trinajstić information content (AvgIpc) is 3.12. The van der Waals surface area contributed by atoms with Gasteiger partial charge in [0.05, 0.1) is 26.3 Å². The maximum Gasteiger partial charge on any atom is 0.472 e. The molecule has 324 valence electrons. The average molecular weight is 808 g/mol. The minimum Gasteiger partial charge on any atom is -0.480 e. The van der Waals surface area contributed by atoms with Crippen LogP contribution in [-0.2, 0) is 42.3 Å². The van der Waals surface area contributed by atoms with Crippen LogP contribution in [0.4, 0.5) is 0 Å². The molecule has 0 bridgehead atoms. The number of hydrogen-bond donors (Lipinski definition) is 3. The maximum absolute atomic E-state index is 12.7. The van der Waals surface area contributed by atoms with Gasteiger partial charge in [-0.3, -0.25) is 33.1 Å². The van der Waals surface area contributed by atoms with Crippen molar-refractivity contribution in [2.75, 3.05) is 39.5 Å². The van der Waals surface area contributed by atoms with Gasteiger partial charge < -0.3 is 24.6 Å². The summed E-state index contributed by atoms with van der Waals surface area (Å²) in [6.07, 6.45) is 29.8. The molecule has 2 unspecified atom stereocenters. The summed E-state index contributed by atoms with van der Waals surface area (Å²) in [7, 11) is -4.71. The van der Waals surface area contributed by atoms with Crippen molar-refractivity contribution in [3.63, 3.8) is 0 Å². The van der Waals surface area contributed by atoms with E-state index in [0.717, 1.165) is 43.4 Å². The zero-order valence-corrected chi connectivity index (χ0v) is 35.4. The highest BCUT2D eigenvalue weighted by Crippen LogP contribution is 2.43. The van der Waals surface area contributed by atoms with Gasteiger partial charge >= 0.3 is 31.7 Å². The van der Waals surface area contributed by atoms with E-state index in [4.69, 9.17) is 28.7 Å². The number of hydrogen-bond acceptors (Lipinski definition) is 10. The molecule has 0 heterocycles. The minimum absolute atomic E-state index is 0.150. The summed E-state index contributed by atoms with van der Waals surface area (Å²) in [5.41, 5.74) is 0. The lowest BCUT2D eigenvalue weighted by Gasteiger charge is -2.21. The third-order valence-corrected chi connectivity index (χ3v) is 10.5. The van der Waals surface area contributed by atoms with Crippen LogP contribution in [0.5, 0.6) is 0 Å². The first kappa shape index (κ1) is 53.0. The summed E-state index contributed by atoms with van der Waals surface area (Å²) in [6.45, 7) is 1.56. The number of unbranched alkanes of at least 4 members (excludes halogenated alkanes) is 24. The standard InChI is InChI=1S/C41H78NO12P/c1-3-5-7-9-11-13-15-17-19-21-23-25-27-29-40(47)51-35-37(36-53-55(49,50)52-32-31-42(33-38(43)44)34-39(45)46)54-41(48)30-28-26-24-22-20-18-16-14-12-10-8-6-4-2/h37H,3-36H2,1-2H3,(H,43,44)(H,45,46)(H,49,50). The van der Waals surface area contributed by atoms with E-state index in [9.17, 15) is 28.6 Å². The number of esters is 2. The highest BCUT2D eigenvalue weighted by Gasteiger charge is 2.27. The second kappa shape index (κ2) is 37.5. The summed E-state index contributed by atoms with van der Waals surface area (Å²) < 4.78 is 33.3. The fourth-order valence-electron chi connectivity index (χ4n) is 6.29. The number of carboxylic acid groups (broad SMARTS) is 2. The lowest BCUT2D eigenvalue weighted by Crippen LogP contribution is -2.36. The number of carboxylic acids is 2. The predicted octanol–water partition coefficient (Wildman–Crippen LogP) is 10.0. The summed E-state index contributed by atoms with van der Waals surface area (Å²) in [5.74, 6) is -3.52. The van der Waals surface area contributed by atoms with Crippen molar-refractivity contribution in [1.82, 2.24) is 4.90 Å². The number of carbonyl (C=O) groups excluding carboxylic acids is 2. The van der Waals surface area contributed by atoms with E-state index in [1.807, 2.05) is 0 Å². The number of phosphoric acid groups is 1. The van der Waals surface area contributed by atoms with Gasteiger partial charge in [-0.15, -0.1) is 0 Å². The molecule has 0 aliphatic rings. The van der Waals surface area contributed by atoms with Crippen molar-refractivity contribution in [2.24, 2.45) is 0 Å². The van der Waals surface area contributed by atoms with E-state index in [1.54, 1.807) is 0 Å². The first-order chi connectivity index (χ1) is 26.5. The Balaban J connectivity index is 4.63. The van der Waals surface area contributed by atoms with Crippen molar-refractivity contribution < 1.29 is 57.4 Å². The second-order valence-electron chi connectivity index (χ2n) is 14.9. The molecule has 0 saturated heterocycles. The zero-order valence-electron chi connectivity index (χ0n) is 34.5. The lowest BCUT2D eigenvalue weighted by molar-refractivity contribution is -0.161. The van der Waals surface area contributed by atoms with Crippen LogP contribution in [0.1, 0.15) is 194 Å². The van der Waals surface area contributed by atoms with Gasteiger partial charge in [0.15, 0.2) is 6.10 Å². The summed E-state index contributed by atoms with van der Waals surface area (Å²) in [4.78, 5) is 58.4. The molecule has 0 radical (unpaired) electrons. The monoisotopic (exact) mass is 808 g/mol. The van der Waals surface area contributed by atoms with Crippen LogP contribution in [0.3, 0.4) is 0 Å². The van der Waals surface area contributed by atoms with E-state index >= 15 is 0 Å². The normalized spacial score (nSPS) is 13.1. The quantitative estimate of drug-likeness (QED) is 0.0301. The summed E-state index contributed by atoms with van der Waals surface area (Å²) in [6, 6.07) is 0. The van der Waals surface area contributed by atoms with Crippen molar-refractivity contribution in [3.8, 4) is 0 Å². The zero-order chi connectivity index (χ0) is 40.8. The van der Waals surface area contributed by atoms with E-state index < -0.39 is 64.1 Å². The number of aliphatic carboxylic acids is 2. The molecule has 0 amide bonds. The van der Waals surface area contributed by atoms with Gasteiger partial charge in [-0.2, -0.15) is 0 Å². The van der Waals surface area contributed by atoms with Crippen LogP contribution in [0.15, 0.2) is 0 Å². The van der Waals surface area contributed by atoms with E-state index in [2.05, 4.69) is 13.8 Å². The van der Waals surface area contributed by atoms with Gasteiger partial charge in [-0.05, 0) is 12.8 Å². The first-order valence-corrected chi connectivity index (χ1v) is 23.1. The van der Waals surface area contributed by atoms with Gasteiger partial charge in [0.1, 0.15) is 6.61 Å². The van der Waals surface area contributed by atoms with Crippen molar-refractivity contribution in [3.05, 3.63) is 0 Å². The van der Waals surface area contributed by atoms with Crippen LogP contribution < -0.4 is 0 Å². The fourth-order valence-corrected chi connectivity index (χ4v) is 7.03. The Hall–Kier alpha value is -2.05. The Bertz CT molecular complexity index is 998. The molecule has 0 spiro atoms. The smallest absolute Gasteiger partial charge is 0.472 e. The third-order valence-electron chi connectivity index (χ3n) is 9.50. The molecule has 3 N–H and O–H groups in total. The molecule has 0 aromatic rings. The molecule has 0 aromatic heterocycles. The second-order valence-corrected chi connectivity index (χ2v) is 16.3. The van der Waals surface area contributed by atoms with Crippen LogP contribution in [0, 0.1) is 0 Å². The number of rotatable bonds is 42. The molecule has 2 atom stereocenters. The largest absolute Gasteiger partial charge is 0.480 e. The van der Waals surface area contributed by atoms with Gasteiger partial charge in [-0.1, -0.05) is 168 Å². The molecule has 0 fully saturated rings. The minimum atomic E-state index is -4.71.